The first-order chi connectivity index (χ1) is 5.11. The van der Waals surface area contributed by atoms with Crippen molar-refractivity contribution in [2.24, 2.45) is 0 Å². The van der Waals surface area contributed by atoms with E-state index in [1.54, 1.807) is 0 Å². The van der Waals surface area contributed by atoms with Crippen LogP contribution in [0.15, 0.2) is 18.2 Å². The molecule has 0 radical (unpaired) electrons. The first-order valence-electron chi connectivity index (χ1n) is 2.84. The Morgan fingerprint density at radius 3 is 2.23 bits per heavy atom. The fraction of sp³-hybridized carbons (Fsp3) is 0. The van der Waals surface area contributed by atoms with Crippen LogP contribution in [0, 0.1) is 0 Å². The quantitative estimate of drug-likeness (QED) is 0.441. The van der Waals surface area contributed by atoms with Gasteiger partial charge in [0.1, 0.15) is 5.75 Å². The van der Waals surface area contributed by atoms with Crippen molar-refractivity contribution in [1.29, 1.82) is 0 Å². The second kappa shape index (κ2) is 6.70. The Morgan fingerprint density at radius 2 is 1.85 bits per heavy atom. The van der Waals surface area contributed by atoms with Gasteiger partial charge in [0.25, 0.3) is 0 Å². The number of benzene rings is 1. The topological polar surface area (TPSA) is 80.6 Å². The van der Waals surface area contributed by atoms with E-state index in [-0.39, 0.29) is 64.9 Å². The predicted molar refractivity (Wildman–Crippen MR) is 34.5 cm³/mol. The fourth-order valence-corrected chi connectivity index (χ4v) is 0.685. The van der Waals surface area contributed by atoms with Crippen LogP contribution in [0.3, 0.4) is 0 Å². The first kappa shape index (κ1) is 15.7. The molecule has 0 saturated heterocycles. The molecule has 0 aliphatic carbocycles. The van der Waals surface area contributed by atoms with Crippen molar-refractivity contribution >= 4 is 5.97 Å². The van der Waals surface area contributed by atoms with Gasteiger partial charge in [-0.15, -0.1) is 0 Å². The van der Waals surface area contributed by atoms with E-state index in [4.69, 9.17) is 10.2 Å². The van der Waals surface area contributed by atoms with Crippen LogP contribution in [-0.4, -0.2) is 16.2 Å². The smallest absolute Gasteiger partial charge is 0.872 e. The number of phenols is 1. The minimum absolute atomic E-state index is 0. The molecule has 0 aliphatic heterocycles. The largest absolute Gasteiger partial charge is 1.00 e. The number of aromatic carboxylic acids is 1. The average molecular weight is 199 g/mol. The van der Waals surface area contributed by atoms with Crippen LogP contribution in [-0.2, 0) is 0 Å². The van der Waals surface area contributed by atoms with Crippen molar-refractivity contribution in [1.82, 2.24) is 0 Å². The maximum atomic E-state index is 10.7. The summed E-state index contributed by atoms with van der Waals surface area (Å²) in [6.45, 7) is 0. The van der Waals surface area contributed by atoms with E-state index in [0.717, 1.165) is 18.2 Å². The van der Waals surface area contributed by atoms with Gasteiger partial charge in [-0.1, -0.05) is 11.8 Å². The van der Waals surface area contributed by atoms with Crippen LogP contribution in [0.25, 0.3) is 0 Å². The van der Waals surface area contributed by atoms with Gasteiger partial charge in [-0.25, -0.2) is 4.79 Å². The molecule has 1 aromatic rings. The van der Waals surface area contributed by atoms with Gasteiger partial charge in [0.15, 0.2) is 0 Å². The Hall–Kier alpha value is 0.290. The normalized spacial score (nSPS) is 8.00. The molecule has 1 aromatic carbocycles. The number of hydrogen-bond donors (Lipinski definition) is 2. The zero-order valence-electron chi connectivity index (χ0n) is 7.44. The third kappa shape index (κ3) is 4.35. The van der Waals surface area contributed by atoms with E-state index in [1.807, 2.05) is 0 Å². The van der Waals surface area contributed by atoms with E-state index >= 15 is 0 Å². The third-order valence-corrected chi connectivity index (χ3v) is 1.19. The van der Waals surface area contributed by atoms with Crippen LogP contribution >= 0.6 is 0 Å². The fourth-order valence-electron chi connectivity index (χ4n) is 0.685. The molecule has 0 heterocycles. The van der Waals surface area contributed by atoms with E-state index in [1.165, 1.54) is 0 Å². The summed E-state index contributed by atoms with van der Waals surface area (Å²) in [6.07, 6.45) is 0. The van der Waals surface area contributed by atoms with E-state index in [9.17, 15) is 9.90 Å². The second-order valence-corrected chi connectivity index (χ2v) is 1.99. The molecule has 58 valence electrons. The van der Waals surface area contributed by atoms with Gasteiger partial charge < -0.3 is 15.3 Å². The summed E-state index contributed by atoms with van der Waals surface area (Å²) in [5, 5.41) is 27.9. The minimum Gasteiger partial charge on any atom is -0.872 e. The van der Waals surface area contributed by atoms with Gasteiger partial charge in [0.05, 0.1) is 5.56 Å². The number of carboxylic acid groups (broad SMARTS) is 1. The molecule has 0 bridgehead atoms. The van der Waals surface area contributed by atoms with Gasteiger partial charge >= 0.3 is 65.1 Å². The number of phenolic OH excluding ortho intramolecular Hbond substituents is 1. The SMILES string of the molecule is O=C(O)c1cc(O)ccc1[O-].[Na+].[Na+]. The predicted octanol–water partition coefficient (Wildman–Crippen LogP) is -5.83. The van der Waals surface area contributed by atoms with Crippen molar-refractivity contribution < 1.29 is 79.2 Å². The number of hydrogen-bond acceptors (Lipinski definition) is 3. The molecule has 4 nitrogen and oxygen atoms in total. The Labute approximate surface area is 119 Å². The molecule has 0 unspecified atom stereocenters. The van der Waals surface area contributed by atoms with E-state index < -0.39 is 17.3 Å². The van der Waals surface area contributed by atoms with Crippen molar-refractivity contribution in [3.05, 3.63) is 23.8 Å². The Morgan fingerprint density at radius 1 is 1.31 bits per heavy atom. The van der Waals surface area contributed by atoms with Gasteiger partial charge in [-0.3, -0.25) is 0 Å². The van der Waals surface area contributed by atoms with E-state index in [0.29, 0.717) is 0 Å². The third-order valence-electron chi connectivity index (χ3n) is 1.19. The van der Waals surface area contributed by atoms with Gasteiger partial charge in [-0.05, 0) is 12.1 Å². The molecule has 0 aliphatic rings. The molecule has 0 saturated carbocycles. The van der Waals surface area contributed by atoms with Crippen LogP contribution < -0.4 is 64.2 Å². The standard InChI is InChI=1S/C7H6O4.2Na/c8-4-1-2-6(9)5(3-4)7(10)11;;/h1-3,8-9H,(H,10,11);;/q;2*+1/p-1. The zero-order valence-corrected chi connectivity index (χ0v) is 11.4. The average Bonchev–Trinajstić information content (AvgIpc) is 1.94. The van der Waals surface area contributed by atoms with Crippen LogP contribution in [0.5, 0.6) is 11.5 Å². The Balaban J connectivity index is 0. The first-order valence-corrected chi connectivity index (χ1v) is 2.84. The van der Waals surface area contributed by atoms with Gasteiger partial charge in [0.2, 0.25) is 0 Å². The molecule has 1 rings (SSSR count). The van der Waals surface area contributed by atoms with Crippen LogP contribution in [0.4, 0.5) is 0 Å². The molecule has 0 fully saturated rings. The van der Waals surface area contributed by atoms with Crippen molar-refractivity contribution in [2.45, 2.75) is 0 Å². The Bertz CT molecular complexity index is 301. The van der Waals surface area contributed by atoms with Gasteiger partial charge in [-0.2, -0.15) is 0 Å². The zero-order chi connectivity index (χ0) is 8.43. The molecule has 0 aromatic heterocycles. The van der Waals surface area contributed by atoms with E-state index in [2.05, 4.69) is 0 Å². The maximum absolute atomic E-state index is 10.7. The van der Waals surface area contributed by atoms with Crippen LogP contribution in [0.2, 0.25) is 0 Å². The molecule has 0 spiro atoms. The van der Waals surface area contributed by atoms with Crippen molar-refractivity contribution in [2.75, 3.05) is 0 Å². The molecule has 0 amide bonds. The molecule has 6 heteroatoms. The monoisotopic (exact) mass is 199 g/mol. The molecule has 0 atom stereocenters. The van der Waals surface area contributed by atoms with Crippen molar-refractivity contribution in [3.63, 3.8) is 0 Å². The summed E-state index contributed by atoms with van der Waals surface area (Å²) in [5.41, 5.74) is -0.412. The number of carboxylic acids is 1. The number of rotatable bonds is 1. The van der Waals surface area contributed by atoms with Crippen molar-refractivity contribution in [3.8, 4) is 11.5 Å². The Kier molecular flexibility index (Phi) is 8.12. The molecule has 2 N–H and O–H groups in total. The molecular formula is C7H5Na2O4+. The van der Waals surface area contributed by atoms with Crippen LogP contribution in [0.1, 0.15) is 10.4 Å². The minimum atomic E-state index is -1.33. The summed E-state index contributed by atoms with van der Waals surface area (Å²) in [7, 11) is 0. The maximum Gasteiger partial charge on any atom is 1.00 e. The number of carbonyl (C=O) groups is 1. The summed E-state index contributed by atoms with van der Waals surface area (Å²) in [6, 6.07) is 3.08. The second-order valence-electron chi connectivity index (χ2n) is 1.99. The summed E-state index contributed by atoms with van der Waals surface area (Å²) >= 11 is 0. The molecular weight excluding hydrogens is 194 g/mol. The summed E-state index contributed by atoms with van der Waals surface area (Å²) < 4.78 is 0. The van der Waals surface area contributed by atoms with Gasteiger partial charge in [0, 0.05) is 0 Å². The summed E-state index contributed by atoms with van der Waals surface area (Å²) in [4.78, 5) is 10.3. The number of aromatic hydroxyl groups is 1. The summed E-state index contributed by atoms with van der Waals surface area (Å²) in [5.74, 6) is -2.15. The molecule has 13 heavy (non-hydrogen) atoms.